The number of anilines is 2. The summed E-state index contributed by atoms with van der Waals surface area (Å²) in [7, 11) is 0. The van der Waals surface area contributed by atoms with Crippen LogP contribution in [-0.2, 0) is 33.4 Å². The van der Waals surface area contributed by atoms with Crippen molar-refractivity contribution in [1.29, 1.82) is 0 Å². The molecule has 4 N–H and O–H groups in total. The highest BCUT2D eigenvalue weighted by Gasteiger charge is 2.45. The molecule has 0 spiro atoms. The number of carbonyl (C=O) groups excluding carboxylic acids is 6. The van der Waals surface area contributed by atoms with Gasteiger partial charge in [0.1, 0.15) is 17.9 Å². The smallest absolute Gasteiger partial charge is 0.264 e. The number of hydrogen-bond acceptors (Lipinski definition) is 14. The Bertz CT molecular complexity index is 2110. The molecule has 1 saturated carbocycles. The van der Waals surface area contributed by atoms with Gasteiger partial charge in [0.05, 0.1) is 50.8 Å². The number of imide groups is 2. The highest BCUT2D eigenvalue weighted by atomic mass is 16.5. The maximum Gasteiger partial charge on any atom is 0.264 e. The highest BCUT2D eigenvalue weighted by Crippen LogP contribution is 2.33. The highest BCUT2D eigenvalue weighted by molar-refractivity contribution is 6.25. The number of nitrogens with one attached hydrogen (secondary N) is 4. The molecule has 1 unspecified atom stereocenters. The first-order valence-corrected chi connectivity index (χ1v) is 22.3. The minimum Gasteiger partial charge on any atom is -0.382 e. The molecule has 6 amide bonds. The van der Waals surface area contributed by atoms with Gasteiger partial charge < -0.3 is 35.1 Å². The number of amides is 6. The molecular weight excluding hydrogens is 813 g/mol. The average molecular weight is 873 g/mol. The van der Waals surface area contributed by atoms with Gasteiger partial charge in [0.25, 0.3) is 11.8 Å². The van der Waals surface area contributed by atoms with Gasteiger partial charge in [0.15, 0.2) is 5.82 Å². The second-order valence-electron chi connectivity index (χ2n) is 16.7. The van der Waals surface area contributed by atoms with E-state index in [0.717, 1.165) is 55.0 Å². The maximum absolute atomic E-state index is 13.2. The maximum atomic E-state index is 13.2. The molecule has 2 aromatic heterocycles. The lowest BCUT2D eigenvalue weighted by Gasteiger charge is -2.42. The summed E-state index contributed by atoms with van der Waals surface area (Å²) in [4.78, 5) is 85.4. The molecule has 19 heteroatoms. The minimum atomic E-state index is -1.02. The summed E-state index contributed by atoms with van der Waals surface area (Å²) in [6.45, 7) is 10.2. The Morgan fingerprint density at radius 3 is 2.27 bits per heavy atom. The van der Waals surface area contributed by atoms with E-state index in [2.05, 4.69) is 56.2 Å². The molecule has 3 aliphatic heterocycles. The summed E-state index contributed by atoms with van der Waals surface area (Å²) in [6.07, 6.45) is 8.43. The summed E-state index contributed by atoms with van der Waals surface area (Å²) < 4.78 is 18.6. The molecule has 1 aliphatic carbocycles. The average Bonchev–Trinajstić information content (AvgIpc) is 3.84. The van der Waals surface area contributed by atoms with E-state index in [4.69, 9.17) is 14.2 Å². The number of piperidine rings is 1. The van der Waals surface area contributed by atoms with Crippen molar-refractivity contribution in [3.05, 3.63) is 53.5 Å². The van der Waals surface area contributed by atoms with Gasteiger partial charge in [-0.3, -0.25) is 43.9 Å². The number of aromatic nitrogens is 3. The number of piperazine rings is 1. The van der Waals surface area contributed by atoms with Gasteiger partial charge in [0, 0.05) is 82.5 Å². The number of benzene rings is 1. The van der Waals surface area contributed by atoms with Gasteiger partial charge >= 0.3 is 0 Å². The molecule has 1 aromatic carbocycles. The van der Waals surface area contributed by atoms with Crippen LogP contribution in [-0.4, -0.2) is 162 Å². The summed E-state index contributed by atoms with van der Waals surface area (Å²) in [6, 6.07) is 6.87. The lowest BCUT2D eigenvalue weighted by atomic mass is 9.89. The van der Waals surface area contributed by atoms with Crippen molar-refractivity contribution in [2.24, 2.45) is 0 Å². The molecule has 340 valence electrons. The van der Waals surface area contributed by atoms with Gasteiger partial charge in [-0.25, -0.2) is 9.50 Å². The van der Waals surface area contributed by atoms with Crippen molar-refractivity contribution < 1.29 is 43.0 Å². The predicted octanol–water partition coefficient (Wildman–Crippen LogP) is 2.18. The number of carbonyl (C=O) groups is 6. The third-order valence-electron chi connectivity index (χ3n) is 12.2. The zero-order chi connectivity index (χ0) is 44.3. The van der Waals surface area contributed by atoms with E-state index in [0.29, 0.717) is 89.5 Å². The molecule has 4 aliphatic rings. The molecule has 3 aromatic rings. The van der Waals surface area contributed by atoms with E-state index in [1.54, 1.807) is 24.5 Å². The van der Waals surface area contributed by atoms with E-state index in [1.807, 2.05) is 15.6 Å². The summed E-state index contributed by atoms with van der Waals surface area (Å²) in [5.41, 5.74) is 3.17. The van der Waals surface area contributed by atoms with Crippen LogP contribution in [0, 0.1) is 0 Å². The first kappa shape index (κ1) is 45.5. The van der Waals surface area contributed by atoms with Crippen LogP contribution in [0.5, 0.6) is 0 Å². The van der Waals surface area contributed by atoms with Crippen molar-refractivity contribution in [1.82, 2.24) is 39.9 Å². The van der Waals surface area contributed by atoms with Crippen molar-refractivity contribution in [3.63, 3.8) is 0 Å². The SMILES string of the molecule is CC(C)c1ccn2ncnc(NC3CCC(N4CCN(C(=O)CCC(=O)NCCOCCOCCOCCNc5cccc6c5C(=O)N(C5CCC(=O)NC5=O)C6=O)CC4)CC3)c12. The standard InChI is InChI=1S/C44H60N10O9/c1-29(2)32-14-17-53-40(32)41(47-28-48-53)49-30-6-8-31(9-7-30)51-18-20-52(21-19-51)38(57)13-12-36(55)46-16-23-62-25-27-63-26-24-61-22-15-45-34-5-3-4-33-39(34)44(60)54(43(33)59)35-10-11-37(56)50-42(35)58/h3-5,14,17,28-31,35,45H,6-13,15-16,18-27H2,1-2H3,(H,46,55)(H,47,48,49)(H,50,56,58). The van der Waals surface area contributed by atoms with Crippen molar-refractivity contribution in [3.8, 4) is 0 Å². The first-order chi connectivity index (χ1) is 30.6. The lowest BCUT2D eigenvalue weighted by Crippen LogP contribution is -2.54. The quantitative estimate of drug-likeness (QED) is 0.0892. The van der Waals surface area contributed by atoms with Gasteiger partial charge in [-0.1, -0.05) is 19.9 Å². The van der Waals surface area contributed by atoms with Gasteiger partial charge in [-0.05, 0) is 61.8 Å². The fourth-order valence-corrected chi connectivity index (χ4v) is 8.86. The number of hydrogen-bond donors (Lipinski definition) is 4. The van der Waals surface area contributed by atoms with Gasteiger partial charge in [-0.2, -0.15) is 5.10 Å². The summed E-state index contributed by atoms with van der Waals surface area (Å²) in [5.74, 6) is -1.07. The van der Waals surface area contributed by atoms with Crippen LogP contribution in [0.2, 0.25) is 0 Å². The van der Waals surface area contributed by atoms with Gasteiger partial charge in [0.2, 0.25) is 23.6 Å². The molecule has 0 bridgehead atoms. The lowest BCUT2D eigenvalue weighted by molar-refractivity contribution is -0.136. The normalized spacial score (nSPS) is 20.7. The van der Waals surface area contributed by atoms with Crippen LogP contribution in [0.1, 0.15) is 97.4 Å². The van der Waals surface area contributed by atoms with Crippen LogP contribution in [0.25, 0.3) is 5.52 Å². The first-order valence-electron chi connectivity index (χ1n) is 22.3. The third-order valence-corrected chi connectivity index (χ3v) is 12.2. The van der Waals surface area contributed by atoms with E-state index in [9.17, 15) is 28.8 Å². The third kappa shape index (κ3) is 11.4. The molecule has 5 heterocycles. The number of nitrogens with zero attached hydrogens (tertiary/aromatic N) is 6. The van der Waals surface area contributed by atoms with Crippen LogP contribution < -0.4 is 21.3 Å². The van der Waals surface area contributed by atoms with Gasteiger partial charge in [-0.15, -0.1) is 0 Å². The Labute approximate surface area is 366 Å². The zero-order valence-corrected chi connectivity index (χ0v) is 36.3. The fraction of sp³-hybridized carbons (Fsp3) is 0.591. The molecule has 3 fully saturated rings. The van der Waals surface area contributed by atoms with Crippen LogP contribution in [0.15, 0.2) is 36.8 Å². The van der Waals surface area contributed by atoms with E-state index in [-0.39, 0.29) is 48.6 Å². The van der Waals surface area contributed by atoms with E-state index < -0.39 is 29.7 Å². The fourth-order valence-electron chi connectivity index (χ4n) is 8.86. The second-order valence-corrected chi connectivity index (χ2v) is 16.7. The Balaban J connectivity index is 0.674. The minimum absolute atomic E-state index is 0.0160. The molecule has 7 rings (SSSR count). The van der Waals surface area contributed by atoms with Crippen LogP contribution in [0.4, 0.5) is 11.5 Å². The van der Waals surface area contributed by atoms with Crippen LogP contribution >= 0.6 is 0 Å². The van der Waals surface area contributed by atoms with Crippen LogP contribution in [0.3, 0.4) is 0 Å². The number of ether oxygens (including phenoxy) is 3. The zero-order valence-electron chi connectivity index (χ0n) is 36.3. The summed E-state index contributed by atoms with van der Waals surface area (Å²) in [5, 5.41) is 16.2. The van der Waals surface area contributed by atoms with Crippen molar-refractivity contribution in [2.75, 3.05) is 89.5 Å². The Kier molecular flexibility index (Phi) is 15.7. The number of fused-ring (bicyclic) bond motifs is 2. The Morgan fingerprint density at radius 1 is 0.841 bits per heavy atom. The second kappa shape index (κ2) is 21.7. The Morgan fingerprint density at radius 2 is 1.56 bits per heavy atom. The van der Waals surface area contributed by atoms with E-state index in [1.165, 1.54) is 5.56 Å². The topological polar surface area (TPSA) is 218 Å². The molecule has 63 heavy (non-hydrogen) atoms. The number of rotatable bonds is 21. The summed E-state index contributed by atoms with van der Waals surface area (Å²) >= 11 is 0. The van der Waals surface area contributed by atoms with Crippen molar-refractivity contribution >= 4 is 52.5 Å². The predicted molar refractivity (Wildman–Crippen MR) is 231 cm³/mol. The Hall–Kier alpha value is -5.50. The molecule has 1 atom stereocenters. The monoisotopic (exact) mass is 872 g/mol. The molecule has 2 saturated heterocycles. The molecule has 0 radical (unpaired) electrons. The largest absolute Gasteiger partial charge is 0.382 e. The molecular formula is C44H60N10O9. The van der Waals surface area contributed by atoms with E-state index >= 15 is 0 Å². The van der Waals surface area contributed by atoms with Crippen molar-refractivity contribution in [2.45, 2.75) is 89.3 Å². The molecule has 19 nitrogen and oxygen atoms in total.